The Hall–Kier alpha value is -2.69. The van der Waals surface area contributed by atoms with Crippen molar-refractivity contribution in [3.8, 4) is 17.3 Å². The average molecular weight is 299 g/mol. The molecule has 0 aliphatic carbocycles. The highest BCUT2D eigenvalue weighted by Gasteiger charge is 2.28. The van der Waals surface area contributed by atoms with Crippen LogP contribution in [0, 0.1) is 40.4 Å². The van der Waals surface area contributed by atoms with Crippen LogP contribution >= 0.6 is 0 Å². The monoisotopic (exact) mass is 299 g/mol. The van der Waals surface area contributed by atoms with Crippen molar-refractivity contribution in [1.29, 1.82) is 5.26 Å². The van der Waals surface area contributed by atoms with Crippen molar-refractivity contribution in [2.24, 2.45) is 0 Å². The van der Waals surface area contributed by atoms with Gasteiger partial charge >= 0.3 is 0 Å². The quantitative estimate of drug-likeness (QED) is 0.526. The van der Waals surface area contributed by atoms with Gasteiger partial charge in [0.1, 0.15) is 0 Å². The third-order valence-corrected chi connectivity index (χ3v) is 2.69. The maximum Gasteiger partial charge on any atom is 0.200 e. The van der Waals surface area contributed by atoms with Crippen LogP contribution < -0.4 is 5.73 Å². The van der Waals surface area contributed by atoms with Gasteiger partial charge in [0, 0.05) is 0 Å². The molecule has 21 heavy (non-hydrogen) atoms. The zero-order chi connectivity index (χ0) is 15.7. The molecule has 2 aromatic rings. The van der Waals surface area contributed by atoms with E-state index >= 15 is 0 Å². The lowest BCUT2D eigenvalue weighted by molar-refractivity contribution is 0.381. The number of aromatic nitrogens is 1. The van der Waals surface area contributed by atoms with Gasteiger partial charge in [0.2, 0.25) is 5.82 Å². The summed E-state index contributed by atoms with van der Waals surface area (Å²) in [7, 11) is 0. The molecule has 2 N–H and O–H groups in total. The minimum atomic E-state index is -2.26. The van der Waals surface area contributed by atoms with E-state index in [0.29, 0.717) is 0 Å². The molecule has 0 atom stereocenters. The average Bonchev–Trinajstić information content (AvgIpc) is 2.47. The number of hydrogen-bond acceptors (Lipinski definition) is 3. The van der Waals surface area contributed by atoms with Crippen molar-refractivity contribution < 1.29 is 22.0 Å². The van der Waals surface area contributed by atoms with Crippen molar-refractivity contribution in [2.45, 2.75) is 6.42 Å². The third-order valence-electron chi connectivity index (χ3n) is 2.69. The molecule has 1 heterocycles. The molecule has 0 radical (unpaired) electrons. The number of benzene rings is 1. The molecule has 1 aromatic carbocycles. The zero-order valence-electron chi connectivity index (χ0n) is 10.2. The van der Waals surface area contributed by atoms with Crippen LogP contribution in [-0.2, 0) is 6.42 Å². The molecular formula is C13H6F5N3. The first-order valence-electron chi connectivity index (χ1n) is 5.52. The van der Waals surface area contributed by atoms with E-state index in [1.807, 2.05) is 0 Å². The van der Waals surface area contributed by atoms with Crippen LogP contribution in [0.1, 0.15) is 5.69 Å². The lowest BCUT2D eigenvalue weighted by Crippen LogP contribution is -2.07. The Bertz CT molecular complexity index is 738. The van der Waals surface area contributed by atoms with Gasteiger partial charge in [-0.2, -0.15) is 5.26 Å². The summed E-state index contributed by atoms with van der Waals surface area (Å²) in [5.41, 5.74) is 3.47. The molecular weight excluding hydrogens is 293 g/mol. The Morgan fingerprint density at radius 2 is 1.48 bits per heavy atom. The fourth-order valence-corrected chi connectivity index (χ4v) is 1.70. The van der Waals surface area contributed by atoms with Crippen molar-refractivity contribution in [2.75, 3.05) is 5.73 Å². The Labute approximate surface area is 115 Å². The summed E-state index contributed by atoms with van der Waals surface area (Å²) in [6.07, 6.45) is -0.206. The van der Waals surface area contributed by atoms with E-state index in [0.717, 1.165) is 0 Å². The minimum Gasteiger partial charge on any atom is -0.397 e. The lowest BCUT2D eigenvalue weighted by atomic mass is 10.1. The SMILES string of the molecule is N#CCc1ccc(N)c(-c2c(F)c(F)c(F)c(F)c2F)n1. The Balaban J connectivity index is 2.79. The van der Waals surface area contributed by atoms with E-state index in [4.69, 9.17) is 11.0 Å². The maximum absolute atomic E-state index is 13.7. The predicted molar refractivity (Wildman–Crippen MR) is 63.2 cm³/mol. The van der Waals surface area contributed by atoms with Gasteiger partial charge in [-0.15, -0.1) is 0 Å². The number of hydrogen-bond donors (Lipinski definition) is 1. The molecule has 0 fully saturated rings. The molecule has 0 aliphatic rings. The summed E-state index contributed by atoms with van der Waals surface area (Å²) in [5, 5.41) is 8.55. The topological polar surface area (TPSA) is 62.7 Å². The lowest BCUT2D eigenvalue weighted by Gasteiger charge is -2.10. The minimum absolute atomic E-state index is 0.0886. The largest absolute Gasteiger partial charge is 0.397 e. The molecule has 8 heteroatoms. The van der Waals surface area contributed by atoms with Crippen LogP contribution in [0.5, 0.6) is 0 Å². The standard InChI is InChI=1S/C13H6F5N3/c14-8-7(9(15)11(17)12(18)10(8)16)13-6(20)2-1-5(21-13)3-4-19/h1-2H,3,20H2. The van der Waals surface area contributed by atoms with Gasteiger partial charge in [-0.25, -0.2) is 26.9 Å². The summed E-state index contributed by atoms with van der Waals surface area (Å²) in [6.45, 7) is 0. The summed E-state index contributed by atoms with van der Waals surface area (Å²) in [4.78, 5) is 3.68. The zero-order valence-corrected chi connectivity index (χ0v) is 10.2. The van der Waals surface area contributed by atoms with E-state index in [1.54, 1.807) is 6.07 Å². The summed E-state index contributed by atoms with van der Waals surface area (Å²) < 4.78 is 66.8. The van der Waals surface area contributed by atoms with Gasteiger partial charge in [-0.3, -0.25) is 0 Å². The van der Waals surface area contributed by atoms with Crippen LogP contribution in [-0.4, -0.2) is 4.98 Å². The summed E-state index contributed by atoms with van der Waals surface area (Å²) in [5.74, 6) is -10.5. The molecule has 0 saturated heterocycles. The molecule has 0 spiro atoms. The molecule has 0 unspecified atom stereocenters. The first-order valence-corrected chi connectivity index (χ1v) is 5.52. The molecule has 0 amide bonds. The van der Waals surface area contributed by atoms with Crippen LogP contribution in [0.3, 0.4) is 0 Å². The highest BCUT2D eigenvalue weighted by molar-refractivity contribution is 5.73. The number of anilines is 1. The second kappa shape index (κ2) is 5.36. The van der Waals surface area contributed by atoms with E-state index in [1.165, 1.54) is 12.1 Å². The fourth-order valence-electron chi connectivity index (χ4n) is 1.70. The van der Waals surface area contributed by atoms with Gasteiger partial charge in [-0.1, -0.05) is 0 Å². The van der Waals surface area contributed by atoms with Gasteiger partial charge in [0.25, 0.3) is 0 Å². The number of nitrogens with two attached hydrogens (primary N) is 1. The second-order valence-corrected chi connectivity index (χ2v) is 4.02. The predicted octanol–water partition coefficient (Wildman–Crippen LogP) is 3.09. The molecule has 0 bridgehead atoms. The molecule has 1 aromatic heterocycles. The highest BCUT2D eigenvalue weighted by Crippen LogP contribution is 2.33. The van der Waals surface area contributed by atoms with Crippen molar-refractivity contribution in [1.82, 2.24) is 4.98 Å². The van der Waals surface area contributed by atoms with Gasteiger partial charge in [0.05, 0.1) is 35.1 Å². The van der Waals surface area contributed by atoms with E-state index in [2.05, 4.69) is 4.98 Å². The first-order chi connectivity index (χ1) is 9.88. The van der Waals surface area contributed by atoms with Gasteiger partial charge in [0.15, 0.2) is 23.3 Å². The molecule has 0 saturated carbocycles. The van der Waals surface area contributed by atoms with Crippen LogP contribution in [0.4, 0.5) is 27.6 Å². The number of nitrogens with zero attached hydrogens (tertiary/aromatic N) is 2. The second-order valence-electron chi connectivity index (χ2n) is 4.02. The van der Waals surface area contributed by atoms with Crippen LogP contribution in [0.2, 0.25) is 0 Å². The number of nitrogen functional groups attached to an aromatic ring is 1. The summed E-state index contributed by atoms with van der Waals surface area (Å²) in [6, 6.07) is 4.23. The van der Waals surface area contributed by atoms with E-state index in [-0.39, 0.29) is 17.8 Å². The molecule has 3 nitrogen and oxygen atoms in total. The Morgan fingerprint density at radius 1 is 0.952 bits per heavy atom. The Morgan fingerprint density at radius 3 is 2.00 bits per heavy atom. The number of pyridine rings is 1. The van der Waals surface area contributed by atoms with Crippen LogP contribution in [0.15, 0.2) is 12.1 Å². The van der Waals surface area contributed by atoms with Crippen molar-refractivity contribution in [3.63, 3.8) is 0 Å². The number of nitriles is 1. The smallest absolute Gasteiger partial charge is 0.200 e. The molecule has 2 rings (SSSR count). The molecule has 108 valence electrons. The van der Waals surface area contributed by atoms with E-state index in [9.17, 15) is 22.0 Å². The Kier molecular flexibility index (Phi) is 3.76. The first kappa shape index (κ1) is 14.7. The molecule has 0 aliphatic heterocycles. The van der Waals surface area contributed by atoms with Gasteiger partial charge in [-0.05, 0) is 12.1 Å². The third kappa shape index (κ3) is 2.38. The fraction of sp³-hybridized carbons (Fsp3) is 0.0769. The number of halogens is 5. The van der Waals surface area contributed by atoms with Gasteiger partial charge < -0.3 is 5.73 Å². The maximum atomic E-state index is 13.7. The number of rotatable bonds is 2. The van der Waals surface area contributed by atoms with Crippen LogP contribution in [0.25, 0.3) is 11.3 Å². The normalized spacial score (nSPS) is 10.5. The van der Waals surface area contributed by atoms with Crippen molar-refractivity contribution >= 4 is 5.69 Å². The summed E-state index contributed by atoms with van der Waals surface area (Å²) >= 11 is 0. The van der Waals surface area contributed by atoms with Crippen molar-refractivity contribution in [3.05, 3.63) is 46.9 Å². The van der Waals surface area contributed by atoms with E-state index < -0.39 is 40.3 Å². The highest BCUT2D eigenvalue weighted by atomic mass is 19.2.